The maximum Gasteiger partial charge on any atom is 0.328 e. The van der Waals surface area contributed by atoms with Gasteiger partial charge in [-0.05, 0) is 18.6 Å². The van der Waals surface area contributed by atoms with Crippen LogP contribution in [0.1, 0.15) is 5.56 Å². The van der Waals surface area contributed by atoms with Crippen molar-refractivity contribution >= 4 is 5.69 Å². The zero-order chi connectivity index (χ0) is 17.8. The molecule has 2 heterocycles. The molecule has 2 aromatic rings. The highest BCUT2D eigenvalue weighted by molar-refractivity contribution is 5.51. The first-order chi connectivity index (χ1) is 12.1. The summed E-state index contributed by atoms with van der Waals surface area (Å²) >= 11 is 0. The van der Waals surface area contributed by atoms with Crippen molar-refractivity contribution in [1.29, 1.82) is 0 Å². The van der Waals surface area contributed by atoms with Crippen LogP contribution in [0.2, 0.25) is 0 Å². The Morgan fingerprint density at radius 2 is 1.92 bits per heavy atom. The van der Waals surface area contributed by atoms with Gasteiger partial charge < -0.3 is 14.6 Å². The Bertz CT molecular complexity index is 835. The van der Waals surface area contributed by atoms with Crippen LogP contribution in [0.25, 0.3) is 0 Å². The predicted molar refractivity (Wildman–Crippen MR) is 97.7 cm³/mol. The van der Waals surface area contributed by atoms with Crippen LogP contribution < -0.4 is 20.9 Å². The average molecular weight is 344 g/mol. The third-order valence-corrected chi connectivity index (χ3v) is 4.74. The van der Waals surface area contributed by atoms with Crippen molar-refractivity contribution in [2.45, 2.75) is 6.42 Å². The number of anilines is 1. The molecule has 0 saturated carbocycles. The van der Waals surface area contributed by atoms with E-state index in [-0.39, 0.29) is 11.2 Å². The molecule has 1 aromatic heterocycles. The maximum absolute atomic E-state index is 12.1. The van der Waals surface area contributed by atoms with E-state index in [1.165, 1.54) is 18.9 Å². The van der Waals surface area contributed by atoms with Gasteiger partial charge in [-0.2, -0.15) is 0 Å². The minimum atomic E-state index is -0.374. The molecule has 1 aliphatic rings. The van der Waals surface area contributed by atoms with Gasteiger partial charge in [-0.3, -0.25) is 14.3 Å². The van der Waals surface area contributed by atoms with Crippen LogP contribution in [-0.2, 0) is 13.5 Å². The summed E-state index contributed by atoms with van der Waals surface area (Å²) in [6.07, 6.45) is 2.18. The molecule has 7 nitrogen and oxygen atoms in total. The van der Waals surface area contributed by atoms with E-state index in [4.69, 9.17) is 4.74 Å². The number of benzene rings is 1. The normalized spacial score (nSPS) is 15.4. The summed E-state index contributed by atoms with van der Waals surface area (Å²) < 4.78 is 6.41. The molecule has 25 heavy (non-hydrogen) atoms. The van der Waals surface area contributed by atoms with Crippen molar-refractivity contribution in [1.82, 2.24) is 14.5 Å². The minimum absolute atomic E-state index is 0.209. The van der Waals surface area contributed by atoms with Gasteiger partial charge in [0.1, 0.15) is 5.75 Å². The second-order valence-electron chi connectivity index (χ2n) is 6.26. The molecule has 1 N–H and O–H groups in total. The zero-order valence-electron chi connectivity index (χ0n) is 14.7. The fourth-order valence-electron chi connectivity index (χ4n) is 3.11. The molecule has 0 bridgehead atoms. The fourth-order valence-corrected chi connectivity index (χ4v) is 3.11. The second-order valence-corrected chi connectivity index (χ2v) is 6.26. The maximum atomic E-state index is 12.1. The molecule has 3 rings (SSSR count). The third kappa shape index (κ3) is 3.93. The number of piperazine rings is 1. The first-order valence-electron chi connectivity index (χ1n) is 8.47. The summed E-state index contributed by atoms with van der Waals surface area (Å²) in [5.74, 6) is 0.869. The number of aromatic amines is 1. The molecule has 0 aliphatic carbocycles. The summed E-state index contributed by atoms with van der Waals surface area (Å²) in [7, 11) is 3.18. The number of hydrogen-bond donors (Lipinski definition) is 1. The van der Waals surface area contributed by atoms with Crippen molar-refractivity contribution in [2.24, 2.45) is 7.05 Å². The Labute approximate surface area is 146 Å². The van der Waals surface area contributed by atoms with E-state index in [9.17, 15) is 9.59 Å². The Balaban J connectivity index is 1.55. The van der Waals surface area contributed by atoms with Gasteiger partial charge in [-0.1, -0.05) is 6.07 Å². The van der Waals surface area contributed by atoms with Crippen LogP contribution in [-0.4, -0.2) is 54.3 Å². The molecule has 0 radical (unpaired) electrons. The van der Waals surface area contributed by atoms with Gasteiger partial charge in [0.15, 0.2) is 0 Å². The Hall–Kier alpha value is -2.54. The standard InChI is InChI=1S/C18H24N4O3/c1-20-17(23)14(13-19-18(20)24)6-7-21-8-10-22(11-9-21)15-4-3-5-16(12-15)25-2/h3-5,12-13H,6-11H2,1-2H3,(H,19,24). The SMILES string of the molecule is COc1cccc(N2CCN(CCc3c[nH]c(=O)n(C)c3=O)CC2)c1. The minimum Gasteiger partial charge on any atom is -0.497 e. The van der Waals surface area contributed by atoms with E-state index in [1.54, 1.807) is 7.11 Å². The number of rotatable bonds is 5. The number of H-pyrrole nitrogens is 1. The van der Waals surface area contributed by atoms with E-state index in [0.717, 1.165) is 43.0 Å². The Kier molecular flexibility index (Phi) is 5.23. The number of hydrogen-bond acceptors (Lipinski definition) is 5. The lowest BCUT2D eigenvalue weighted by atomic mass is 10.2. The Morgan fingerprint density at radius 1 is 1.16 bits per heavy atom. The van der Waals surface area contributed by atoms with E-state index >= 15 is 0 Å². The highest BCUT2D eigenvalue weighted by atomic mass is 16.5. The summed E-state index contributed by atoms with van der Waals surface area (Å²) in [4.78, 5) is 30.8. The largest absolute Gasteiger partial charge is 0.497 e. The molecule has 0 spiro atoms. The van der Waals surface area contributed by atoms with Gasteiger partial charge in [-0.15, -0.1) is 0 Å². The van der Waals surface area contributed by atoms with Crippen molar-refractivity contribution in [3.8, 4) is 5.75 Å². The highest BCUT2D eigenvalue weighted by Gasteiger charge is 2.18. The van der Waals surface area contributed by atoms with Gasteiger partial charge in [0.05, 0.1) is 7.11 Å². The highest BCUT2D eigenvalue weighted by Crippen LogP contribution is 2.22. The van der Waals surface area contributed by atoms with Gasteiger partial charge in [0, 0.05) is 63.3 Å². The van der Waals surface area contributed by atoms with E-state index < -0.39 is 0 Å². The van der Waals surface area contributed by atoms with Crippen molar-refractivity contribution in [2.75, 3.05) is 44.7 Å². The van der Waals surface area contributed by atoms with E-state index in [1.807, 2.05) is 12.1 Å². The Morgan fingerprint density at radius 3 is 2.64 bits per heavy atom. The fraction of sp³-hybridized carbons (Fsp3) is 0.444. The van der Waals surface area contributed by atoms with Crippen LogP contribution in [0.5, 0.6) is 5.75 Å². The number of methoxy groups -OCH3 is 1. The summed E-state index contributed by atoms with van der Waals surface area (Å²) in [6, 6.07) is 8.11. The van der Waals surface area contributed by atoms with Crippen LogP contribution in [0.3, 0.4) is 0 Å². The number of ether oxygens (including phenoxy) is 1. The zero-order valence-corrected chi connectivity index (χ0v) is 14.7. The molecule has 7 heteroatoms. The number of aromatic nitrogens is 2. The molecular weight excluding hydrogens is 320 g/mol. The number of nitrogens with zero attached hydrogens (tertiary/aromatic N) is 3. The topological polar surface area (TPSA) is 70.6 Å². The van der Waals surface area contributed by atoms with Crippen molar-refractivity contribution in [3.05, 3.63) is 56.9 Å². The molecule has 1 aliphatic heterocycles. The summed E-state index contributed by atoms with van der Waals surface area (Å²) in [6.45, 7) is 4.59. The van der Waals surface area contributed by atoms with Crippen LogP contribution >= 0.6 is 0 Å². The molecule has 134 valence electrons. The smallest absolute Gasteiger partial charge is 0.328 e. The lowest BCUT2D eigenvalue weighted by Crippen LogP contribution is -2.47. The van der Waals surface area contributed by atoms with Crippen molar-refractivity contribution < 1.29 is 4.74 Å². The lowest BCUT2D eigenvalue weighted by Gasteiger charge is -2.36. The van der Waals surface area contributed by atoms with Crippen LogP contribution in [0, 0.1) is 0 Å². The molecule has 0 amide bonds. The molecule has 1 aromatic carbocycles. The van der Waals surface area contributed by atoms with E-state index in [2.05, 4.69) is 26.9 Å². The van der Waals surface area contributed by atoms with Crippen LogP contribution in [0.4, 0.5) is 5.69 Å². The van der Waals surface area contributed by atoms with Gasteiger partial charge in [0.2, 0.25) is 0 Å². The van der Waals surface area contributed by atoms with Crippen molar-refractivity contribution in [3.63, 3.8) is 0 Å². The molecule has 0 atom stereocenters. The van der Waals surface area contributed by atoms with Gasteiger partial charge in [-0.25, -0.2) is 4.79 Å². The predicted octanol–water partition coefficient (Wildman–Crippen LogP) is 0.447. The first kappa shape index (κ1) is 17.3. The lowest BCUT2D eigenvalue weighted by molar-refractivity contribution is 0.260. The third-order valence-electron chi connectivity index (χ3n) is 4.74. The van der Waals surface area contributed by atoms with E-state index in [0.29, 0.717) is 12.0 Å². The monoisotopic (exact) mass is 344 g/mol. The molecule has 1 saturated heterocycles. The average Bonchev–Trinajstić information content (AvgIpc) is 2.66. The quantitative estimate of drug-likeness (QED) is 0.853. The second kappa shape index (κ2) is 7.57. The molecule has 1 fully saturated rings. The summed E-state index contributed by atoms with van der Waals surface area (Å²) in [5, 5.41) is 0. The van der Waals surface area contributed by atoms with Crippen LogP contribution in [0.15, 0.2) is 40.1 Å². The first-order valence-corrected chi connectivity index (χ1v) is 8.47. The van der Waals surface area contributed by atoms with Gasteiger partial charge >= 0.3 is 5.69 Å². The van der Waals surface area contributed by atoms with Gasteiger partial charge in [0.25, 0.3) is 5.56 Å². The summed E-state index contributed by atoms with van der Waals surface area (Å²) in [5.41, 5.74) is 1.24. The molecule has 0 unspecified atom stereocenters. The number of nitrogens with one attached hydrogen (secondary N) is 1. The molecular formula is C18H24N4O3.